The monoisotopic (exact) mass is 494 g/mol. The zero-order valence-electron chi connectivity index (χ0n) is 20.7. The van der Waals surface area contributed by atoms with Crippen LogP contribution in [0.2, 0.25) is 0 Å². The number of aryl methyl sites for hydroxylation is 2. The topological polar surface area (TPSA) is 91.3 Å². The summed E-state index contributed by atoms with van der Waals surface area (Å²) in [6.45, 7) is 9.64. The molecule has 4 rings (SSSR count). The molecule has 35 heavy (non-hydrogen) atoms. The smallest absolute Gasteiger partial charge is 0.271 e. The van der Waals surface area contributed by atoms with Gasteiger partial charge in [0.25, 0.3) is 5.91 Å². The van der Waals surface area contributed by atoms with E-state index in [0.717, 1.165) is 52.7 Å². The number of thioether (sulfide) groups is 1. The number of amidine groups is 1. The summed E-state index contributed by atoms with van der Waals surface area (Å²) < 4.78 is 6.02. The van der Waals surface area contributed by atoms with Crippen molar-refractivity contribution >= 4 is 40.3 Å². The first-order valence-corrected chi connectivity index (χ1v) is 12.5. The molecule has 3 amide bonds. The van der Waals surface area contributed by atoms with Gasteiger partial charge in [-0.15, -0.1) is 5.10 Å². The fourth-order valence-corrected chi connectivity index (χ4v) is 5.88. The number of carbonyl (C=O) groups is 3. The largest absolute Gasteiger partial charge is 0.493 e. The summed E-state index contributed by atoms with van der Waals surface area (Å²) >= 11 is 1.09. The van der Waals surface area contributed by atoms with Gasteiger partial charge in [-0.25, -0.2) is 0 Å². The number of amides is 3. The molecular formula is C26H30N4O4S. The van der Waals surface area contributed by atoms with Gasteiger partial charge >= 0.3 is 0 Å². The number of para-hydroxylation sites is 1. The zero-order valence-corrected chi connectivity index (χ0v) is 21.5. The molecule has 0 saturated heterocycles. The molecule has 2 aliphatic rings. The normalized spacial score (nSPS) is 18.7. The van der Waals surface area contributed by atoms with Crippen LogP contribution in [-0.2, 0) is 25.8 Å². The highest BCUT2D eigenvalue weighted by molar-refractivity contribution is 8.15. The van der Waals surface area contributed by atoms with Gasteiger partial charge in [0.1, 0.15) is 5.75 Å². The second-order valence-electron chi connectivity index (χ2n) is 8.84. The Hall–Kier alpha value is -3.33. The summed E-state index contributed by atoms with van der Waals surface area (Å²) in [6.07, 6.45) is 1.96. The van der Waals surface area contributed by atoms with Crippen molar-refractivity contribution in [3.05, 3.63) is 58.7 Å². The molecule has 2 aromatic carbocycles. The van der Waals surface area contributed by atoms with Gasteiger partial charge < -0.3 is 15.0 Å². The van der Waals surface area contributed by atoms with Crippen LogP contribution < -0.4 is 15.0 Å². The molecule has 9 heteroatoms. The molecule has 0 bridgehead atoms. The molecule has 0 fully saturated rings. The van der Waals surface area contributed by atoms with Crippen LogP contribution in [0.15, 0.2) is 41.5 Å². The van der Waals surface area contributed by atoms with E-state index in [4.69, 9.17) is 4.74 Å². The van der Waals surface area contributed by atoms with Crippen LogP contribution in [0.5, 0.6) is 5.75 Å². The van der Waals surface area contributed by atoms with Crippen molar-refractivity contribution in [2.75, 3.05) is 11.5 Å². The summed E-state index contributed by atoms with van der Waals surface area (Å²) in [5.74, 6) is -0.257. The van der Waals surface area contributed by atoms with Gasteiger partial charge in [-0.1, -0.05) is 49.2 Å². The number of benzene rings is 2. The van der Waals surface area contributed by atoms with Crippen molar-refractivity contribution in [1.82, 2.24) is 10.3 Å². The third kappa shape index (κ3) is 4.40. The third-order valence-electron chi connectivity index (χ3n) is 5.99. The molecule has 1 unspecified atom stereocenters. The number of ether oxygens (including phenoxy) is 1. The van der Waals surface area contributed by atoms with Crippen LogP contribution >= 0.6 is 11.8 Å². The van der Waals surface area contributed by atoms with E-state index in [9.17, 15) is 14.4 Å². The van der Waals surface area contributed by atoms with Gasteiger partial charge in [0, 0.05) is 25.0 Å². The number of nitrogens with zero attached hydrogens (tertiary/aromatic N) is 3. The van der Waals surface area contributed by atoms with E-state index in [-0.39, 0.29) is 29.4 Å². The minimum Gasteiger partial charge on any atom is -0.493 e. The fourth-order valence-electron chi connectivity index (χ4n) is 4.56. The Morgan fingerprint density at radius 3 is 2.60 bits per heavy atom. The summed E-state index contributed by atoms with van der Waals surface area (Å²) in [7, 11) is 0. The summed E-state index contributed by atoms with van der Waals surface area (Å²) in [5.41, 5.74) is 4.21. The van der Waals surface area contributed by atoms with E-state index in [2.05, 4.69) is 17.3 Å². The molecular weight excluding hydrogens is 464 g/mol. The number of nitrogens with one attached hydrogen (secondary N) is 1. The van der Waals surface area contributed by atoms with E-state index < -0.39 is 4.87 Å². The number of fused-ring (bicyclic) bond motifs is 2. The van der Waals surface area contributed by atoms with Gasteiger partial charge in [-0.05, 0) is 43.7 Å². The van der Waals surface area contributed by atoms with Crippen LogP contribution in [-0.4, -0.2) is 34.5 Å². The molecule has 2 heterocycles. The highest BCUT2D eigenvalue weighted by Gasteiger charge is 2.61. The van der Waals surface area contributed by atoms with E-state index >= 15 is 0 Å². The maximum absolute atomic E-state index is 14.3. The van der Waals surface area contributed by atoms with Gasteiger partial charge in [-0.3, -0.25) is 14.4 Å². The second kappa shape index (κ2) is 9.73. The number of unbranched alkanes of at least 4 members (excludes halogenated alkanes) is 1. The number of hydrazone groups is 1. The van der Waals surface area contributed by atoms with E-state index in [1.165, 1.54) is 18.9 Å². The van der Waals surface area contributed by atoms with Crippen molar-refractivity contribution in [1.29, 1.82) is 0 Å². The van der Waals surface area contributed by atoms with Crippen molar-refractivity contribution in [3.63, 3.8) is 0 Å². The summed E-state index contributed by atoms with van der Waals surface area (Å²) in [6, 6.07) is 11.7. The minimum absolute atomic E-state index is 0.219. The number of hydrogen-bond acceptors (Lipinski definition) is 6. The Balaban J connectivity index is 1.80. The van der Waals surface area contributed by atoms with Gasteiger partial charge in [0.05, 0.1) is 18.8 Å². The van der Waals surface area contributed by atoms with Gasteiger partial charge in [-0.2, -0.15) is 5.01 Å². The third-order valence-corrected chi connectivity index (χ3v) is 7.23. The van der Waals surface area contributed by atoms with Crippen LogP contribution in [0.3, 0.4) is 0 Å². The highest BCUT2D eigenvalue weighted by atomic mass is 32.2. The van der Waals surface area contributed by atoms with Crippen LogP contribution in [0, 0.1) is 13.8 Å². The van der Waals surface area contributed by atoms with Crippen molar-refractivity contribution in [2.45, 2.75) is 58.9 Å². The average Bonchev–Trinajstić information content (AvgIpc) is 3.27. The molecule has 0 saturated carbocycles. The maximum Gasteiger partial charge on any atom is 0.271 e. The predicted molar refractivity (Wildman–Crippen MR) is 137 cm³/mol. The Bertz CT molecular complexity index is 1230. The van der Waals surface area contributed by atoms with Crippen molar-refractivity contribution < 1.29 is 19.1 Å². The van der Waals surface area contributed by atoms with Crippen LogP contribution in [0.1, 0.15) is 55.9 Å². The molecule has 0 aliphatic carbocycles. The lowest BCUT2D eigenvalue weighted by atomic mass is 10.0. The molecule has 2 aliphatic heterocycles. The fraction of sp³-hybridized carbons (Fsp3) is 0.385. The lowest BCUT2D eigenvalue weighted by Crippen LogP contribution is -2.48. The standard InChI is InChI=1S/C26H30N4O4S/c1-6-7-12-34-22-11-9-8-10-20(22)15-29-23-17(3)13-16(2)14-21(23)26(24(29)33)30(19(5)32)28-25(35-26)27-18(4)31/h8-11,13-14H,6-7,12,15H2,1-5H3,(H,27,28,31). The molecule has 1 N–H and O–H groups in total. The lowest BCUT2D eigenvalue weighted by Gasteiger charge is -2.29. The predicted octanol–water partition coefficient (Wildman–Crippen LogP) is 4.18. The molecule has 1 atom stereocenters. The lowest BCUT2D eigenvalue weighted by molar-refractivity contribution is -0.139. The highest BCUT2D eigenvalue weighted by Crippen LogP contribution is 2.56. The molecule has 8 nitrogen and oxygen atoms in total. The first-order valence-electron chi connectivity index (χ1n) is 11.7. The number of carbonyl (C=O) groups excluding carboxylic acids is 3. The Labute approximate surface area is 209 Å². The molecule has 1 spiro atoms. The second-order valence-corrected chi connectivity index (χ2v) is 10.0. The average molecular weight is 495 g/mol. The molecule has 2 aromatic rings. The Morgan fingerprint density at radius 2 is 1.91 bits per heavy atom. The van der Waals surface area contributed by atoms with E-state index in [1.54, 1.807) is 4.90 Å². The Morgan fingerprint density at radius 1 is 1.17 bits per heavy atom. The van der Waals surface area contributed by atoms with E-state index in [1.807, 2.05) is 50.2 Å². The maximum atomic E-state index is 14.3. The van der Waals surface area contributed by atoms with E-state index in [0.29, 0.717) is 12.2 Å². The van der Waals surface area contributed by atoms with Crippen molar-refractivity contribution in [2.24, 2.45) is 5.10 Å². The summed E-state index contributed by atoms with van der Waals surface area (Å²) in [5, 5.41) is 8.41. The van der Waals surface area contributed by atoms with Crippen LogP contribution in [0.25, 0.3) is 0 Å². The molecule has 0 aromatic heterocycles. The quantitative estimate of drug-likeness (QED) is 0.608. The zero-order chi connectivity index (χ0) is 25.3. The first kappa shape index (κ1) is 24.8. The molecule has 0 radical (unpaired) electrons. The van der Waals surface area contributed by atoms with Gasteiger partial charge in [0.2, 0.25) is 16.7 Å². The minimum atomic E-state index is -1.42. The Kier molecular flexibility index (Phi) is 6.89. The number of rotatable bonds is 6. The van der Waals surface area contributed by atoms with Crippen LogP contribution in [0.4, 0.5) is 5.69 Å². The molecule has 184 valence electrons. The first-order chi connectivity index (χ1) is 16.7. The summed E-state index contributed by atoms with van der Waals surface area (Å²) in [4.78, 5) is 39.0. The van der Waals surface area contributed by atoms with Crippen molar-refractivity contribution in [3.8, 4) is 5.75 Å². The van der Waals surface area contributed by atoms with Gasteiger partial charge in [0.15, 0.2) is 5.17 Å². The number of hydrogen-bond donors (Lipinski definition) is 1. The SMILES string of the molecule is CCCCOc1ccccc1CN1C(=O)C2(SC(NC(C)=O)=NN2C(C)=O)c2cc(C)cc(C)c21. The number of anilines is 1.